The third-order valence-corrected chi connectivity index (χ3v) is 11.7. The molecule has 5 nitrogen and oxygen atoms in total. The van der Waals surface area contributed by atoms with Gasteiger partial charge in [0.05, 0.1) is 16.8 Å². The van der Waals surface area contributed by atoms with Crippen LogP contribution in [-0.4, -0.2) is 15.0 Å². The second-order valence-electron chi connectivity index (χ2n) is 14.7. The Labute approximate surface area is 329 Å². The van der Waals surface area contributed by atoms with E-state index >= 15 is 0 Å². The number of fused-ring (bicyclic) bond motifs is 12. The molecule has 0 atom stereocenters. The zero-order valence-corrected chi connectivity index (χ0v) is 30.7. The minimum Gasteiger partial charge on any atom is -0.456 e. The van der Waals surface area contributed by atoms with Gasteiger partial charge < -0.3 is 9.32 Å². The number of furan rings is 1. The molecule has 57 heavy (non-hydrogen) atoms. The van der Waals surface area contributed by atoms with Crippen LogP contribution in [0.25, 0.3) is 67.2 Å². The van der Waals surface area contributed by atoms with E-state index in [9.17, 15) is 0 Å². The van der Waals surface area contributed by atoms with Crippen LogP contribution in [0.5, 0.6) is 0 Å². The predicted molar refractivity (Wildman–Crippen MR) is 229 cm³/mol. The normalized spacial score (nSPS) is 13.4. The summed E-state index contributed by atoms with van der Waals surface area (Å²) in [6.45, 7) is 0. The summed E-state index contributed by atoms with van der Waals surface area (Å²) in [5.74, 6) is 1.83. The SMILES string of the molecule is c1ccc(-c2nc(-c3ccccc3)nc(-c3cccc4oc5ccc(N6c7ccccc7C7(c8ccccc8-c8ccccc87)c7ccccc76)cc5c34)n2)cc1. The molecule has 0 radical (unpaired) electrons. The maximum Gasteiger partial charge on any atom is 0.164 e. The van der Waals surface area contributed by atoms with Crippen molar-refractivity contribution in [2.75, 3.05) is 4.90 Å². The van der Waals surface area contributed by atoms with Gasteiger partial charge in [-0.3, -0.25) is 0 Å². The second-order valence-corrected chi connectivity index (χ2v) is 14.7. The predicted octanol–water partition coefficient (Wildman–Crippen LogP) is 12.9. The van der Waals surface area contributed by atoms with Crippen molar-refractivity contribution in [1.82, 2.24) is 15.0 Å². The van der Waals surface area contributed by atoms with Crippen LogP contribution in [0.2, 0.25) is 0 Å². The van der Waals surface area contributed by atoms with Crippen LogP contribution in [0, 0.1) is 0 Å². The Bertz CT molecular complexity index is 3050. The van der Waals surface area contributed by atoms with Crippen molar-refractivity contribution in [3.8, 4) is 45.3 Å². The monoisotopic (exact) mass is 728 g/mol. The van der Waals surface area contributed by atoms with Gasteiger partial charge in [-0.05, 0) is 69.8 Å². The lowest BCUT2D eigenvalue weighted by Gasteiger charge is -2.45. The van der Waals surface area contributed by atoms with Crippen molar-refractivity contribution < 1.29 is 4.42 Å². The number of hydrogen-bond donors (Lipinski definition) is 0. The summed E-state index contributed by atoms with van der Waals surface area (Å²) in [6, 6.07) is 68.5. The van der Waals surface area contributed by atoms with Crippen molar-refractivity contribution in [2.24, 2.45) is 0 Å². The highest BCUT2D eigenvalue weighted by molar-refractivity contribution is 6.13. The largest absolute Gasteiger partial charge is 0.456 e. The van der Waals surface area contributed by atoms with Crippen molar-refractivity contribution in [2.45, 2.75) is 5.41 Å². The summed E-state index contributed by atoms with van der Waals surface area (Å²) in [5, 5.41) is 1.96. The molecule has 0 saturated carbocycles. The lowest BCUT2D eigenvalue weighted by atomic mass is 9.64. The highest BCUT2D eigenvalue weighted by atomic mass is 16.3. The number of rotatable bonds is 4. The lowest BCUT2D eigenvalue weighted by Crippen LogP contribution is -2.36. The fourth-order valence-corrected chi connectivity index (χ4v) is 9.41. The van der Waals surface area contributed by atoms with Crippen LogP contribution in [0.3, 0.4) is 0 Å². The molecule has 0 amide bonds. The molecule has 5 heteroatoms. The van der Waals surface area contributed by atoms with E-state index < -0.39 is 5.41 Å². The standard InChI is InChI=1S/C52H32N4O/c1-3-16-33(17-4-1)49-53-50(34-18-5-2-6-19-34)55-51(54-49)38-22-15-29-47-48(38)39-32-35(30-31-46(39)57-47)56-44-27-13-11-25-42(44)52(43-26-12-14-28-45(43)56)40-23-9-7-20-36(40)37-21-8-10-24-41(37)52/h1-32H. The van der Waals surface area contributed by atoms with E-state index in [-0.39, 0.29) is 0 Å². The third kappa shape index (κ3) is 4.54. The van der Waals surface area contributed by atoms with Crippen LogP contribution in [0.4, 0.5) is 17.1 Å². The molecule has 0 unspecified atom stereocenters. The molecule has 8 aromatic carbocycles. The third-order valence-electron chi connectivity index (χ3n) is 11.7. The summed E-state index contributed by atoms with van der Waals surface area (Å²) in [4.78, 5) is 17.6. The van der Waals surface area contributed by atoms with Gasteiger partial charge in [-0.2, -0.15) is 0 Å². The number of benzene rings is 8. The van der Waals surface area contributed by atoms with Gasteiger partial charge in [-0.25, -0.2) is 15.0 Å². The molecule has 0 fully saturated rings. The van der Waals surface area contributed by atoms with E-state index in [2.05, 4.69) is 126 Å². The Morgan fingerprint density at radius 3 is 1.47 bits per heavy atom. The first kappa shape index (κ1) is 31.7. The highest BCUT2D eigenvalue weighted by Gasteiger charge is 2.51. The zero-order chi connectivity index (χ0) is 37.5. The highest BCUT2D eigenvalue weighted by Crippen LogP contribution is 2.63. The first-order valence-electron chi connectivity index (χ1n) is 19.3. The second kappa shape index (κ2) is 12.2. The molecule has 0 N–H and O–H groups in total. The molecule has 1 spiro atoms. The average molecular weight is 729 g/mol. The number of aromatic nitrogens is 3. The fraction of sp³-hybridized carbons (Fsp3) is 0.0192. The van der Waals surface area contributed by atoms with Crippen LogP contribution in [0.1, 0.15) is 22.3 Å². The van der Waals surface area contributed by atoms with Gasteiger partial charge >= 0.3 is 0 Å². The number of para-hydroxylation sites is 2. The molecule has 0 bridgehead atoms. The van der Waals surface area contributed by atoms with E-state index in [1.54, 1.807) is 0 Å². The Kier molecular flexibility index (Phi) is 6.78. The average Bonchev–Trinajstić information content (AvgIpc) is 3.81. The molecule has 1 aliphatic heterocycles. The van der Waals surface area contributed by atoms with E-state index in [0.717, 1.165) is 55.7 Å². The minimum absolute atomic E-state index is 0.470. The van der Waals surface area contributed by atoms with E-state index in [0.29, 0.717) is 17.5 Å². The van der Waals surface area contributed by atoms with Crippen LogP contribution in [0.15, 0.2) is 199 Å². The van der Waals surface area contributed by atoms with Gasteiger partial charge in [0.25, 0.3) is 0 Å². The molecule has 12 rings (SSSR count). The quantitative estimate of drug-likeness (QED) is 0.181. The molecule has 2 aliphatic rings. The van der Waals surface area contributed by atoms with Crippen LogP contribution >= 0.6 is 0 Å². The van der Waals surface area contributed by atoms with E-state index in [4.69, 9.17) is 19.4 Å². The summed E-state index contributed by atoms with van der Waals surface area (Å²) in [7, 11) is 0. The van der Waals surface area contributed by atoms with Gasteiger partial charge in [0, 0.05) is 33.2 Å². The lowest BCUT2D eigenvalue weighted by molar-refractivity contribution is 0.669. The molecule has 266 valence electrons. The molecular formula is C52H32N4O. The summed E-state index contributed by atoms with van der Waals surface area (Å²) in [5.41, 5.74) is 14.9. The van der Waals surface area contributed by atoms with E-state index in [1.807, 2.05) is 72.8 Å². The molecular weight excluding hydrogens is 697 g/mol. The van der Waals surface area contributed by atoms with Crippen molar-refractivity contribution in [1.29, 1.82) is 0 Å². The molecule has 0 saturated heterocycles. The van der Waals surface area contributed by atoms with Crippen molar-refractivity contribution in [3.63, 3.8) is 0 Å². The number of hydrogen-bond acceptors (Lipinski definition) is 5. The fourth-order valence-electron chi connectivity index (χ4n) is 9.41. The minimum atomic E-state index is -0.470. The molecule has 2 aromatic heterocycles. The van der Waals surface area contributed by atoms with Crippen LogP contribution in [-0.2, 0) is 5.41 Å². The van der Waals surface area contributed by atoms with E-state index in [1.165, 1.54) is 33.4 Å². The zero-order valence-electron chi connectivity index (χ0n) is 30.7. The summed E-state index contributed by atoms with van der Waals surface area (Å²) >= 11 is 0. The first-order valence-corrected chi connectivity index (χ1v) is 19.3. The topological polar surface area (TPSA) is 55.1 Å². The maximum atomic E-state index is 6.59. The van der Waals surface area contributed by atoms with Gasteiger partial charge in [-0.1, -0.05) is 158 Å². The molecule has 1 aliphatic carbocycles. The van der Waals surface area contributed by atoms with Crippen LogP contribution < -0.4 is 4.90 Å². The first-order chi connectivity index (χ1) is 28.3. The van der Waals surface area contributed by atoms with Gasteiger partial charge in [0.2, 0.25) is 0 Å². The summed E-state index contributed by atoms with van der Waals surface area (Å²) < 4.78 is 6.59. The van der Waals surface area contributed by atoms with Crippen molar-refractivity contribution in [3.05, 3.63) is 216 Å². The van der Waals surface area contributed by atoms with Gasteiger partial charge in [0.15, 0.2) is 17.5 Å². The Morgan fingerprint density at radius 2 is 0.877 bits per heavy atom. The number of anilines is 3. The van der Waals surface area contributed by atoms with Gasteiger partial charge in [-0.15, -0.1) is 0 Å². The Balaban J connectivity index is 1.09. The smallest absolute Gasteiger partial charge is 0.164 e. The van der Waals surface area contributed by atoms with Gasteiger partial charge in [0.1, 0.15) is 11.2 Å². The Hall–Kier alpha value is -7.63. The van der Waals surface area contributed by atoms with Crippen molar-refractivity contribution >= 4 is 39.0 Å². The molecule has 10 aromatic rings. The summed E-state index contributed by atoms with van der Waals surface area (Å²) in [6.07, 6.45) is 0. The maximum absolute atomic E-state index is 6.59. The molecule has 3 heterocycles. The Morgan fingerprint density at radius 1 is 0.386 bits per heavy atom. The number of nitrogens with zero attached hydrogens (tertiary/aromatic N) is 4.